The summed E-state index contributed by atoms with van der Waals surface area (Å²) in [6.07, 6.45) is 5.06. The van der Waals surface area contributed by atoms with Crippen LogP contribution < -0.4 is 5.32 Å². The Bertz CT molecular complexity index is 242. The fourth-order valence-electron chi connectivity index (χ4n) is 1.42. The van der Waals surface area contributed by atoms with Crippen LogP contribution in [0.5, 0.6) is 0 Å². The maximum absolute atomic E-state index is 4.34. The van der Waals surface area contributed by atoms with Crippen LogP contribution in [0.25, 0.3) is 0 Å². The third-order valence-electron chi connectivity index (χ3n) is 2.18. The molecule has 74 valence electrons. The zero-order valence-corrected chi connectivity index (χ0v) is 8.75. The molecule has 0 saturated heterocycles. The third-order valence-corrected chi connectivity index (χ3v) is 2.18. The lowest BCUT2D eigenvalue weighted by Crippen LogP contribution is -2.22. The van der Waals surface area contributed by atoms with Crippen molar-refractivity contribution in [3.05, 3.63) is 18.2 Å². The van der Waals surface area contributed by atoms with E-state index in [-0.39, 0.29) is 0 Å². The van der Waals surface area contributed by atoms with Gasteiger partial charge in [0, 0.05) is 18.9 Å². The summed E-state index contributed by atoms with van der Waals surface area (Å²) in [5, 5.41) is 3.43. The van der Waals surface area contributed by atoms with E-state index in [2.05, 4.69) is 35.6 Å². The van der Waals surface area contributed by atoms with Crippen LogP contribution in [-0.4, -0.2) is 16.1 Å². The van der Waals surface area contributed by atoms with Gasteiger partial charge >= 0.3 is 0 Å². The van der Waals surface area contributed by atoms with Gasteiger partial charge in [-0.1, -0.05) is 6.92 Å². The number of nitrogens with zero attached hydrogens (tertiary/aromatic N) is 2. The lowest BCUT2D eigenvalue weighted by Gasteiger charge is -2.13. The fourth-order valence-corrected chi connectivity index (χ4v) is 1.42. The highest BCUT2D eigenvalue weighted by Crippen LogP contribution is 2.09. The Morgan fingerprint density at radius 3 is 2.92 bits per heavy atom. The number of rotatable bonds is 5. The molecule has 0 aromatic carbocycles. The molecule has 1 aromatic heterocycles. The van der Waals surface area contributed by atoms with Gasteiger partial charge in [0.25, 0.3) is 0 Å². The van der Waals surface area contributed by atoms with Crippen molar-refractivity contribution in [2.24, 2.45) is 0 Å². The average molecular weight is 181 g/mol. The smallest absolute Gasteiger partial charge is 0.125 e. The van der Waals surface area contributed by atoms with E-state index in [0.29, 0.717) is 6.04 Å². The van der Waals surface area contributed by atoms with Crippen LogP contribution in [0.15, 0.2) is 12.4 Å². The molecule has 1 aromatic rings. The van der Waals surface area contributed by atoms with Gasteiger partial charge in [-0.25, -0.2) is 4.98 Å². The molecule has 1 atom stereocenters. The van der Waals surface area contributed by atoms with E-state index in [1.165, 1.54) is 0 Å². The molecule has 1 heterocycles. The normalized spacial score (nSPS) is 13.2. The summed E-state index contributed by atoms with van der Waals surface area (Å²) in [6, 6.07) is 0.356. The van der Waals surface area contributed by atoms with Crippen LogP contribution in [0.1, 0.15) is 39.1 Å². The van der Waals surface area contributed by atoms with Gasteiger partial charge in [0.15, 0.2) is 0 Å². The predicted molar refractivity (Wildman–Crippen MR) is 54.6 cm³/mol. The average Bonchev–Trinajstić information content (AvgIpc) is 2.61. The van der Waals surface area contributed by atoms with Crippen LogP contribution in [0.3, 0.4) is 0 Å². The van der Waals surface area contributed by atoms with Gasteiger partial charge in [-0.05, 0) is 26.8 Å². The maximum atomic E-state index is 4.34. The summed E-state index contributed by atoms with van der Waals surface area (Å²) in [7, 11) is 0. The first kappa shape index (κ1) is 10.3. The van der Waals surface area contributed by atoms with Crippen LogP contribution in [0.4, 0.5) is 0 Å². The van der Waals surface area contributed by atoms with Crippen molar-refractivity contribution in [2.45, 2.75) is 39.8 Å². The quantitative estimate of drug-likeness (QED) is 0.752. The molecule has 1 rings (SSSR count). The summed E-state index contributed by atoms with van der Waals surface area (Å²) in [6.45, 7) is 8.51. The number of imidazole rings is 1. The molecule has 0 spiro atoms. The van der Waals surface area contributed by atoms with Gasteiger partial charge in [-0.3, -0.25) is 0 Å². The number of aryl methyl sites for hydroxylation is 1. The van der Waals surface area contributed by atoms with Crippen LogP contribution in [-0.2, 0) is 6.54 Å². The van der Waals surface area contributed by atoms with E-state index < -0.39 is 0 Å². The van der Waals surface area contributed by atoms with Crippen molar-refractivity contribution in [1.29, 1.82) is 0 Å². The minimum atomic E-state index is 0.356. The maximum Gasteiger partial charge on any atom is 0.125 e. The second kappa shape index (κ2) is 5.02. The first-order valence-electron chi connectivity index (χ1n) is 5.04. The molecular formula is C10H19N3. The number of nitrogens with one attached hydrogen (secondary N) is 1. The van der Waals surface area contributed by atoms with Gasteiger partial charge in [-0.15, -0.1) is 0 Å². The van der Waals surface area contributed by atoms with Gasteiger partial charge < -0.3 is 9.88 Å². The van der Waals surface area contributed by atoms with Crippen LogP contribution in [0.2, 0.25) is 0 Å². The van der Waals surface area contributed by atoms with Crippen LogP contribution >= 0.6 is 0 Å². The standard InChI is InChI=1S/C10H19N3/c1-4-6-11-9(3)10-12-7-8-13(10)5-2/h7-9,11H,4-6H2,1-3H3. The van der Waals surface area contributed by atoms with Gasteiger partial charge in [0.2, 0.25) is 0 Å². The second-order valence-corrected chi connectivity index (χ2v) is 3.25. The Labute approximate surface area is 80.2 Å². The summed E-state index contributed by atoms with van der Waals surface area (Å²) >= 11 is 0. The Balaban J connectivity index is 2.59. The van der Waals surface area contributed by atoms with E-state index in [1.807, 2.05) is 12.4 Å². The number of aromatic nitrogens is 2. The first-order chi connectivity index (χ1) is 6.29. The molecular weight excluding hydrogens is 162 g/mol. The second-order valence-electron chi connectivity index (χ2n) is 3.25. The van der Waals surface area contributed by atoms with E-state index in [1.54, 1.807) is 0 Å². The molecule has 1 N–H and O–H groups in total. The van der Waals surface area contributed by atoms with Gasteiger partial charge in [0.05, 0.1) is 6.04 Å². The fraction of sp³-hybridized carbons (Fsp3) is 0.700. The molecule has 0 amide bonds. The lowest BCUT2D eigenvalue weighted by atomic mass is 10.3. The molecule has 0 radical (unpaired) electrons. The van der Waals surface area contributed by atoms with Crippen molar-refractivity contribution in [2.75, 3.05) is 6.54 Å². The number of hydrogen-bond acceptors (Lipinski definition) is 2. The molecule has 0 aliphatic carbocycles. The molecule has 0 fully saturated rings. The summed E-state index contributed by atoms with van der Waals surface area (Å²) in [5.41, 5.74) is 0. The Kier molecular flexibility index (Phi) is 3.96. The molecule has 13 heavy (non-hydrogen) atoms. The third kappa shape index (κ3) is 2.56. The molecule has 0 aliphatic rings. The molecule has 1 unspecified atom stereocenters. The minimum absolute atomic E-state index is 0.356. The van der Waals surface area contributed by atoms with E-state index in [9.17, 15) is 0 Å². The van der Waals surface area contributed by atoms with Crippen molar-refractivity contribution in [3.8, 4) is 0 Å². The molecule has 3 nitrogen and oxygen atoms in total. The zero-order chi connectivity index (χ0) is 9.68. The molecule has 3 heteroatoms. The first-order valence-corrected chi connectivity index (χ1v) is 5.04. The largest absolute Gasteiger partial charge is 0.334 e. The van der Waals surface area contributed by atoms with Gasteiger partial charge in [-0.2, -0.15) is 0 Å². The Morgan fingerprint density at radius 2 is 2.31 bits per heavy atom. The van der Waals surface area contributed by atoms with E-state index >= 15 is 0 Å². The topological polar surface area (TPSA) is 29.9 Å². The highest BCUT2D eigenvalue weighted by molar-refractivity contribution is 4.97. The summed E-state index contributed by atoms with van der Waals surface area (Å²) < 4.78 is 2.17. The predicted octanol–water partition coefficient (Wildman–Crippen LogP) is 1.96. The van der Waals surface area contributed by atoms with Crippen molar-refractivity contribution >= 4 is 0 Å². The Hall–Kier alpha value is -0.830. The highest BCUT2D eigenvalue weighted by atomic mass is 15.1. The zero-order valence-electron chi connectivity index (χ0n) is 8.75. The monoisotopic (exact) mass is 181 g/mol. The summed E-state index contributed by atoms with van der Waals surface area (Å²) in [4.78, 5) is 4.34. The minimum Gasteiger partial charge on any atom is -0.334 e. The molecule has 0 bridgehead atoms. The SMILES string of the molecule is CCCNC(C)c1nccn1CC. The van der Waals surface area contributed by atoms with Crippen LogP contribution in [0, 0.1) is 0 Å². The van der Waals surface area contributed by atoms with Crippen molar-refractivity contribution in [1.82, 2.24) is 14.9 Å². The van der Waals surface area contributed by atoms with Crippen molar-refractivity contribution < 1.29 is 0 Å². The van der Waals surface area contributed by atoms with Crippen molar-refractivity contribution in [3.63, 3.8) is 0 Å². The lowest BCUT2D eigenvalue weighted by molar-refractivity contribution is 0.517. The molecule has 0 saturated carbocycles. The van der Waals surface area contributed by atoms with E-state index in [0.717, 1.165) is 25.3 Å². The van der Waals surface area contributed by atoms with E-state index in [4.69, 9.17) is 0 Å². The Morgan fingerprint density at radius 1 is 1.54 bits per heavy atom. The van der Waals surface area contributed by atoms with Gasteiger partial charge in [0.1, 0.15) is 5.82 Å². The summed E-state index contributed by atoms with van der Waals surface area (Å²) in [5.74, 6) is 1.14. The highest BCUT2D eigenvalue weighted by Gasteiger charge is 2.08. The molecule has 0 aliphatic heterocycles. The number of hydrogen-bond donors (Lipinski definition) is 1.